The number of nitrogen functional groups attached to an aromatic ring is 1. The van der Waals surface area contributed by atoms with E-state index in [9.17, 15) is 25.1 Å². The molecule has 0 aliphatic heterocycles. The zero-order valence-electron chi connectivity index (χ0n) is 12.6. The maximum absolute atomic E-state index is 11.5. The van der Waals surface area contributed by atoms with Crippen LogP contribution in [0.1, 0.15) is 11.1 Å². The van der Waals surface area contributed by atoms with E-state index in [-0.39, 0.29) is 16.9 Å². The van der Waals surface area contributed by atoms with Crippen LogP contribution in [0, 0.1) is 10.1 Å². The van der Waals surface area contributed by atoms with Crippen molar-refractivity contribution in [2.45, 2.75) is 0 Å². The molecule has 8 nitrogen and oxygen atoms in total. The summed E-state index contributed by atoms with van der Waals surface area (Å²) in [5.74, 6) is -1.96. The number of carboxylic acids is 1. The third-order valence-electron chi connectivity index (χ3n) is 3.26. The summed E-state index contributed by atoms with van der Waals surface area (Å²) in [6, 6.07) is 8.53. The maximum Gasteiger partial charge on any atom is 0.336 e. The first kappa shape index (κ1) is 16.8. The van der Waals surface area contributed by atoms with Crippen molar-refractivity contribution in [2.24, 2.45) is 0 Å². The molecule has 0 saturated heterocycles. The van der Waals surface area contributed by atoms with Gasteiger partial charge in [0.25, 0.3) is 0 Å². The molecule has 4 N–H and O–H groups in total. The highest BCUT2D eigenvalue weighted by Gasteiger charge is 2.20. The number of ether oxygens (including phenoxy) is 1. The number of aliphatic carboxylic acids is 1. The van der Waals surface area contributed by atoms with Gasteiger partial charge in [-0.25, -0.2) is 4.79 Å². The minimum atomic E-state index is -1.21. The Bertz CT molecular complexity index is 827. The molecular formula is C16H14N2O6. The minimum absolute atomic E-state index is 0.0861. The Balaban J connectivity index is 2.61. The fourth-order valence-electron chi connectivity index (χ4n) is 2.09. The van der Waals surface area contributed by atoms with Gasteiger partial charge in [0.05, 0.1) is 17.6 Å². The lowest BCUT2D eigenvalue weighted by Gasteiger charge is -2.07. The van der Waals surface area contributed by atoms with Gasteiger partial charge in [0.2, 0.25) is 5.75 Å². The number of nitrogens with two attached hydrogens (primary N) is 1. The molecule has 0 amide bonds. The number of rotatable bonds is 5. The number of aromatic hydroxyl groups is 1. The van der Waals surface area contributed by atoms with Gasteiger partial charge in [-0.2, -0.15) is 0 Å². The average molecular weight is 330 g/mol. The van der Waals surface area contributed by atoms with Gasteiger partial charge in [0.15, 0.2) is 5.75 Å². The topological polar surface area (TPSA) is 136 Å². The number of hydrogen-bond donors (Lipinski definition) is 3. The van der Waals surface area contributed by atoms with Crippen LogP contribution in [0.5, 0.6) is 11.5 Å². The molecule has 0 unspecified atom stereocenters. The molecule has 0 bridgehead atoms. The number of phenolic OH excluding ortho intramolecular Hbond substituents is 1. The summed E-state index contributed by atoms with van der Waals surface area (Å²) in [5.41, 5.74) is 5.97. The van der Waals surface area contributed by atoms with E-state index in [1.165, 1.54) is 31.4 Å². The van der Waals surface area contributed by atoms with Gasteiger partial charge >= 0.3 is 11.7 Å². The Hall–Kier alpha value is -3.55. The molecule has 0 saturated carbocycles. The van der Waals surface area contributed by atoms with E-state index in [0.29, 0.717) is 11.3 Å². The molecule has 2 rings (SSSR count). The van der Waals surface area contributed by atoms with Gasteiger partial charge in [0, 0.05) is 11.8 Å². The highest BCUT2D eigenvalue weighted by Crippen LogP contribution is 2.37. The monoisotopic (exact) mass is 330 g/mol. The lowest BCUT2D eigenvalue weighted by Crippen LogP contribution is -2.00. The van der Waals surface area contributed by atoms with Crippen molar-refractivity contribution in [1.29, 1.82) is 0 Å². The molecular weight excluding hydrogens is 316 g/mol. The third kappa shape index (κ3) is 3.43. The lowest BCUT2D eigenvalue weighted by molar-refractivity contribution is -0.386. The minimum Gasteiger partial charge on any atom is -0.500 e. The number of methoxy groups -OCH3 is 1. The first-order valence-electron chi connectivity index (χ1n) is 6.69. The van der Waals surface area contributed by atoms with Gasteiger partial charge in [-0.1, -0.05) is 12.1 Å². The van der Waals surface area contributed by atoms with Crippen LogP contribution in [0.2, 0.25) is 0 Å². The van der Waals surface area contributed by atoms with Crippen LogP contribution in [0.15, 0.2) is 36.4 Å². The SMILES string of the molecule is COc1cc(/C=C(\C(=O)O)c2ccc(N)cc2)cc([N+](=O)[O-])c1O. The molecule has 0 aliphatic carbocycles. The van der Waals surface area contributed by atoms with Crippen molar-refractivity contribution in [3.63, 3.8) is 0 Å². The van der Waals surface area contributed by atoms with Crippen molar-refractivity contribution in [3.05, 3.63) is 57.6 Å². The van der Waals surface area contributed by atoms with Crippen LogP contribution in [0.4, 0.5) is 11.4 Å². The van der Waals surface area contributed by atoms with E-state index in [2.05, 4.69) is 0 Å². The van der Waals surface area contributed by atoms with E-state index in [4.69, 9.17) is 10.5 Å². The Morgan fingerprint density at radius 1 is 1.29 bits per heavy atom. The van der Waals surface area contributed by atoms with Gasteiger partial charge in [0.1, 0.15) is 0 Å². The van der Waals surface area contributed by atoms with Crippen LogP contribution in [0.3, 0.4) is 0 Å². The molecule has 0 aromatic heterocycles. The summed E-state index contributed by atoms with van der Waals surface area (Å²) in [6.07, 6.45) is 1.25. The zero-order chi connectivity index (χ0) is 17.9. The summed E-state index contributed by atoms with van der Waals surface area (Å²) < 4.78 is 4.89. The molecule has 0 fully saturated rings. The van der Waals surface area contributed by atoms with Crippen molar-refractivity contribution in [3.8, 4) is 11.5 Å². The number of nitro benzene ring substituents is 1. The molecule has 0 aliphatic rings. The Labute approximate surface area is 136 Å². The fourth-order valence-corrected chi connectivity index (χ4v) is 2.09. The van der Waals surface area contributed by atoms with Crippen LogP contribution in [-0.2, 0) is 4.79 Å². The lowest BCUT2D eigenvalue weighted by atomic mass is 10.0. The van der Waals surface area contributed by atoms with E-state index < -0.39 is 22.3 Å². The molecule has 8 heteroatoms. The van der Waals surface area contributed by atoms with Crippen molar-refractivity contribution < 1.29 is 24.7 Å². The number of hydrogen-bond acceptors (Lipinski definition) is 6. The van der Waals surface area contributed by atoms with Crippen molar-refractivity contribution in [2.75, 3.05) is 12.8 Å². The Morgan fingerprint density at radius 2 is 1.92 bits per heavy atom. The number of phenols is 1. The van der Waals surface area contributed by atoms with E-state index >= 15 is 0 Å². The summed E-state index contributed by atoms with van der Waals surface area (Å²) >= 11 is 0. The Kier molecular flexibility index (Phi) is 4.69. The molecule has 0 atom stereocenters. The second kappa shape index (κ2) is 6.69. The number of nitro groups is 1. The second-order valence-corrected chi connectivity index (χ2v) is 4.83. The first-order valence-corrected chi connectivity index (χ1v) is 6.69. The fraction of sp³-hybridized carbons (Fsp3) is 0.0625. The highest BCUT2D eigenvalue weighted by atomic mass is 16.6. The molecule has 0 heterocycles. The number of carbonyl (C=O) groups is 1. The molecule has 2 aromatic carbocycles. The molecule has 24 heavy (non-hydrogen) atoms. The van der Waals surface area contributed by atoms with Crippen molar-refractivity contribution >= 4 is 29.0 Å². The largest absolute Gasteiger partial charge is 0.500 e. The van der Waals surface area contributed by atoms with Crippen molar-refractivity contribution in [1.82, 2.24) is 0 Å². The maximum atomic E-state index is 11.5. The summed E-state index contributed by atoms with van der Waals surface area (Å²) in [5, 5.41) is 30.2. The number of nitrogens with zero attached hydrogens (tertiary/aromatic N) is 1. The van der Waals surface area contributed by atoms with Gasteiger partial charge < -0.3 is 20.7 Å². The summed E-state index contributed by atoms with van der Waals surface area (Å²) in [7, 11) is 1.24. The normalized spacial score (nSPS) is 11.1. The highest BCUT2D eigenvalue weighted by molar-refractivity contribution is 6.20. The quantitative estimate of drug-likeness (QED) is 0.252. The standard InChI is InChI=1S/C16H14N2O6/c1-24-14-8-9(7-13(15(14)19)18(22)23)6-12(16(20)21)10-2-4-11(17)5-3-10/h2-8,19H,17H2,1H3,(H,20,21)/b12-6-. The Morgan fingerprint density at radius 3 is 2.42 bits per heavy atom. The molecule has 124 valence electrons. The van der Waals surface area contributed by atoms with Gasteiger partial charge in [-0.05, 0) is 35.4 Å². The van der Waals surface area contributed by atoms with E-state index in [1.807, 2.05) is 0 Å². The second-order valence-electron chi connectivity index (χ2n) is 4.83. The summed E-state index contributed by atoms with van der Waals surface area (Å²) in [6.45, 7) is 0. The smallest absolute Gasteiger partial charge is 0.336 e. The van der Waals surface area contributed by atoms with Gasteiger partial charge in [-0.15, -0.1) is 0 Å². The molecule has 2 aromatic rings. The molecule has 0 radical (unpaired) electrons. The van der Waals surface area contributed by atoms with Gasteiger partial charge in [-0.3, -0.25) is 10.1 Å². The number of benzene rings is 2. The predicted molar refractivity (Wildman–Crippen MR) is 87.7 cm³/mol. The van der Waals surface area contributed by atoms with E-state index in [1.54, 1.807) is 12.1 Å². The average Bonchev–Trinajstić information content (AvgIpc) is 2.54. The zero-order valence-corrected chi connectivity index (χ0v) is 12.6. The predicted octanol–water partition coefficient (Wildman–Crippen LogP) is 2.52. The number of anilines is 1. The van der Waals surface area contributed by atoms with Crippen LogP contribution >= 0.6 is 0 Å². The number of carboxylic acid groups (broad SMARTS) is 1. The molecule has 0 spiro atoms. The van der Waals surface area contributed by atoms with E-state index in [0.717, 1.165) is 6.07 Å². The van der Waals surface area contributed by atoms with Crippen LogP contribution in [-0.4, -0.2) is 28.2 Å². The van der Waals surface area contributed by atoms with Crippen LogP contribution in [0.25, 0.3) is 11.6 Å². The van der Waals surface area contributed by atoms with Crippen LogP contribution < -0.4 is 10.5 Å². The summed E-state index contributed by atoms with van der Waals surface area (Å²) in [4.78, 5) is 21.7. The first-order chi connectivity index (χ1) is 11.3. The third-order valence-corrected chi connectivity index (χ3v) is 3.26.